The van der Waals surface area contributed by atoms with Crippen molar-refractivity contribution in [3.63, 3.8) is 0 Å². The highest BCUT2D eigenvalue weighted by molar-refractivity contribution is 8.67. The quantitative estimate of drug-likeness (QED) is 0.277. The van der Waals surface area contributed by atoms with Crippen LogP contribution in [0.4, 0.5) is 0 Å². The van der Waals surface area contributed by atoms with Gasteiger partial charge in [-0.25, -0.2) is 0 Å². The van der Waals surface area contributed by atoms with Crippen molar-refractivity contribution in [3.8, 4) is 0 Å². The lowest BCUT2D eigenvalue weighted by molar-refractivity contribution is 0.581. The summed E-state index contributed by atoms with van der Waals surface area (Å²) < 4.78 is 22.2. The van der Waals surface area contributed by atoms with Gasteiger partial charge in [-0.3, -0.25) is 0 Å². The second-order valence-electron chi connectivity index (χ2n) is 2.47. The molecule has 0 rings (SSSR count). The first-order chi connectivity index (χ1) is 5.72. The molecule has 0 aromatic rings. The normalized spacial score (nSPS) is 15.6. The number of unbranched alkanes of at least 4 members (excludes halogenated alkanes) is 2. The highest BCUT2D eigenvalue weighted by atomic mass is 33.2. The average molecular weight is 208 g/mol. The molecule has 0 aliphatic carbocycles. The Bertz CT molecular complexity index is 120. The first kappa shape index (κ1) is 12.4. The minimum Gasteiger partial charge on any atom is -0.571 e. The van der Waals surface area contributed by atoms with Crippen LogP contribution in [0.25, 0.3) is 0 Å². The van der Waals surface area contributed by atoms with Gasteiger partial charge in [0.15, 0.2) is 31.9 Å². The van der Waals surface area contributed by atoms with E-state index in [2.05, 4.69) is 13.5 Å². The van der Waals surface area contributed by atoms with E-state index in [9.17, 15) is 9.11 Å². The lowest BCUT2D eigenvalue weighted by Crippen LogP contribution is -2.21. The van der Waals surface area contributed by atoms with Crippen molar-refractivity contribution in [1.82, 2.24) is 0 Å². The third-order valence-electron chi connectivity index (χ3n) is 1.38. The van der Waals surface area contributed by atoms with Crippen LogP contribution >= 0.6 is 0 Å². The van der Waals surface area contributed by atoms with E-state index in [1.807, 2.05) is 0 Å². The van der Waals surface area contributed by atoms with E-state index in [1.54, 1.807) is 6.08 Å². The molecule has 0 aliphatic heterocycles. The van der Waals surface area contributed by atoms with E-state index in [0.717, 1.165) is 19.3 Å². The summed E-state index contributed by atoms with van der Waals surface area (Å²) in [5.74, 6) is 0.910. The molecule has 0 radical (unpaired) electrons. The summed E-state index contributed by atoms with van der Waals surface area (Å²) in [6.45, 7) is 5.54. The van der Waals surface area contributed by atoms with Crippen LogP contribution in [0.1, 0.15) is 26.2 Å². The Balaban J connectivity index is 3.41. The Morgan fingerprint density at radius 3 is 2.42 bits per heavy atom. The van der Waals surface area contributed by atoms with Gasteiger partial charge in [-0.2, -0.15) is 0 Å². The summed E-state index contributed by atoms with van der Waals surface area (Å²) in [4.78, 5) is 0. The second kappa shape index (κ2) is 7.98. The predicted molar refractivity (Wildman–Crippen MR) is 55.7 cm³/mol. The topological polar surface area (TPSA) is 46.1 Å². The molecule has 0 amide bonds. The zero-order chi connectivity index (χ0) is 9.40. The smallest absolute Gasteiger partial charge is 0.174 e. The van der Waals surface area contributed by atoms with Gasteiger partial charge in [0.2, 0.25) is 0 Å². The zero-order valence-electron chi connectivity index (χ0n) is 7.45. The first-order valence-corrected chi connectivity index (χ1v) is 7.26. The van der Waals surface area contributed by atoms with Crippen molar-refractivity contribution in [1.29, 1.82) is 0 Å². The van der Waals surface area contributed by atoms with Crippen molar-refractivity contribution in [2.24, 2.45) is 0 Å². The van der Waals surface area contributed by atoms with Gasteiger partial charge in [0, 0.05) is 0 Å². The molecule has 0 aromatic carbocycles. The van der Waals surface area contributed by atoms with Crippen molar-refractivity contribution in [2.75, 3.05) is 11.5 Å². The maximum absolute atomic E-state index is 11.2. The Labute approximate surface area is 80.2 Å². The summed E-state index contributed by atoms with van der Waals surface area (Å²) >= 11 is 0. The van der Waals surface area contributed by atoms with E-state index in [1.165, 1.54) is 0 Å². The summed E-state index contributed by atoms with van der Waals surface area (Å²) in [5, 5.41) is 0. The summed E-state index contributed by atoms with van der Waals surface area (Å²) in [5.41, 5.74) is 0. The van der Waals surface area contributed by atoms with Gasteiger partial charge in [-0.05, 0) is 18.9 Å². The van der Waals surface area contributed by atoms with Gasteiger partial charge in [-0.1, -0.05) is 19.9 Å². The molecule has 0 bridgehead atoms. The standard InChI is InChI=1S/C8H16O2S2/c1-3-5-6-8-12(10)11(9)7-4-2/h4H,2-3,5-8H2,1H3. The van der Waals surface area contributed by atoms with Crippen LogP contribution in [-0.2, 0) is 20.4 Å². The summed E-state index contributed by atoms with van der Waals surface area (Å²) in [7, 11) is -2.38. The molecular weight excluding hydrogens is 192 g/mol. The van der Waals surface area contributed by atoms with Gasteiger partial charge >= 0.3 is 0 Å². The number of rotatable bonds is 7. The highest BCUT2D eigenvalue weighted by Crippen LogP contribution is 2.08. The molecule has 4 heteroatoms. The lowest BCUT2D eigenvalue weighted by atomic mass is 10.3. The molecule has 12 heavy (non-hydrogen) atoms. The van der Waals surface area contributed by atoms with Crippen LogP contribution in [-0.4, -0.2) is 20.6 Å². The van der Waals surface area contributed by atoms with Crippen LogP contribution in [0.15, 0.2) is 12.7 Å². The molecule has 72 valence electrons. The SMILES string of the molecule is C=CC[S+]([O-])[S+]([O-])CCCCC. The molecule has 0 heterocycles. The minimum atomic E-state index is -1.21. The van der Waals surface area contributed by atoms with Crippen LogP contribution in [0, 0.1) is 0 Å². The Hall–Kier alpha value is 0.360. The van der Waals surface area contributed by atoms with Crippen LogP contribution in [0.2, 0.25) is 0 Å². The van der Waals surface area contributed by atoms with Crippen LogP contribution in [0.3, 0.4) is 0 Å². The highest BCUT2D eigenvalue weighted by Gasteiger charge is 2.21. The summed E-state index contributed by atoms with van der Waals surface area (Å²) in [6, 6.07) is 0. The third-order valence-corrected chi connectivity index (χ3v) is 5.07. The van der Waals surface area contributed by atoms with Gasteiger partial charge in [0.05, 0.1) is 0 Å². The maximum Gasteiger partial charge on any atom is 0.174 e. The van der Waals surface area contributed by atoms with Crippen LogP contribution < -0.4 is 0 Å². The third kappa shape index (κ3) is 5.94. The molecule has 0 saturated carbocycles. The van der Waals surface area contributed by atoms with Crippen LogP contribution in [0.5, 0.6) is 0 Å². The van der Waals surface area contributed by atoms with E-state index >= 15 is 0 Å². The fraction of sp³-hybridized carbons (Fsp3) is 0.750. The fourth-order valence-electron chi connectivity index (χ4n) is 0.735. The Kier molecular flexibility index (Phi) is 8.22. The Morgan fingerprint density at radius 1 is 1.25 bits per heavy atom. The summed E-state index contributed by atoms with van der Waals surface area (Å²) in [6.07, 6.45) is 4.63. The van der Waals surface area contributed by atoms with Crippen molar-refractivity contribution in [2.45, 2.75) is 26.2 Å². The molecule has 2 unspecified atom stereocenters. The van der Waals surface area contributed by atoms with Gasteiger partial charge in [0.1, 0.15) is 0 Å². The Morgan fingerprint density at radius 2 is 1.92 bits per heavy atom. The van der Waals surface area contributed by atoms with Crippen molar-refractivity contribution >= 4 is 20.4 Å². The molecule has 0 fully saturated rings. The first-order valence-electron chi connectivity index (χ1n) is 4.10. The molecule has 0 saturated heterocycles. The van der Waals surface area contributed by atoms with E-state index in [-0.39, 0.29) is 0 Å². The lowest BCUT2D eigenvalue weighted by Gasteiger charge is -2.10. The van der Waals surface area contributed by atoms with Crippen molar-refractivity contribution < 1.29 is 9.11 Å². The molecule has 2 atom stereocenters. The molecule has 0 aromatic heterocycles. The minimum absolute atomic E-state index is 0.346. The van der Waals surface area contributed by atoms with E-state index in [0.29, 0.717) is 11.5 Å². The monoisotopic (exact) mass is 208 g/mol. The zero-order valence-corrected chi connectivity index (χ0v) is 9.09. The van der Waals surface area contributed by atoms with Gasteiger partial charge < -0.3 is 9.11 Å². The molecular formula is C8H16O2S2. The molecule has 0 spiro atoms. The molecule has 2 nitrogen and oxygen atoms in total. The molecule has 0 aliphatic rings. The van der Waals surface area contributed by atoms with Gasteiger partial charge in [-0.15, -0.1) is 0 Å². The number of hydrogen-bond donors (Lipinski definition) is 0. The maximum atomic E-state index is 11.2. The van der Waals surface area contributed by atoms with Crippen molar-refractivity contribution in [3.05, 3.63) is 12.7 Å². The van der Waals surface area contributed by atoms with Gasteiger partial charge in [0.25, 0.3) is 0 Å². The number of hydrogen-bond acceptors (Lipinski definition) is 2. The molecule has 0 N–H and O–H groups in total. The van der Waals surface area contributed by atoms with E-state index in [4.69, 9.17) is 0 Å². The van der Waals surface area contributed by atoms with E-state index < -0.39 is 20.4 Å². The fourth-order valence-corrected chi connectivity index (χ4v) is 3.36. The largest absolute Gasteiger partial charge is 0.571 e. The second-order valence-corrected chi connectivity index (χ2v) is 6.66. The average Bonchev–Trinajstić information content (AvgIpc) is 2.05. The predicted octanol–water partition coefficient (Wildman–Crippen LogP) is 1.77.